The van der Waals surface area contributed by atoms with Gasteiger partial charge in [0.05, 0.1) is 49.6 Å². The van der Waals surface area contributed by atoms with E-state index in [-0.39, 0.29) is 31.4 Å². The van der Waals surface area contributed by atoms with Crippen LogP contribution in [0.15, 0.2) is 12.4 Å². The molecule has 3 fully saturated rings. The molecule has 4 heterocycles. The number of carbonyl (C=O) groups is 1. The molecule has 0 aliphatic carbocycles. The summed E-state index contributed by atoms with van der Waals surface area (Å²) in [5.41, 5.74) is 0.0778. The molecule has 4 rings (SSSR count). The van der Waals surface area contributed by atoms with Crippen molar-refractivity contribution < 1.29 is 22.7 Å². The minimum atomic E-state index is -3.29. The van der Waals surface area contributed by atoms with Crippen LogP contribution in [0.25, 0.3) is 0 Å². The van der Waals surface area contributed by atoms with Gasteiger partial charge in [-0.05, 0) is 6.92 Å². The van der Waals surface area contributed by atoms with Crippen LogP contribution in [-0.4, -0.2) is 103 Å². The molecule has 148 valence electrons. The Morgan fingerprint density at radius 3 is 2.63 bits per heavy atom. The Kier molecular flexibility index (Phi) is 4.91. The predicted octanol–water partition coefficient (Wildman–Crippen LogP) is -0.875. The Morgan fingerprint density at radius 2 is 1.96 bits per heavy atom. The standard InChI is InChI=1S/C17H24N4O5S/c1-13-15(19-3-2-18-13)16(22)21-10-17(11-21)12-27(23,24)14(9-26-17)8-20-4-6-25-7-5-20/h2-3,14H,4-12H2,1H3/t14-/m0/s1. The van der Waals surface area contributed by atoms with Crippen molar-refractivity contribution in [3.8, 4) is 0 Å². The van der Waals surface area contributed by atoms with Crippen LogP contribution in [0.5, 0.6) is 0 Å². The number of carbonyl (C=O) groups excluding carboxylic acids is 1. The fraction of sp³-hybridized carbons (Fsp3) is 0.706. The van der Waals surface area contributed by atoms with Crippen molar-refractivity contribution in [3.63, 3.8) is 0 Å². The van der Waals surface area contributed by atoms with Crippen molar-refractivity contribution in [1.29, 1.82) is 0 Å². The van der Waals surface area contributed by atoms with E-state index in [9.17, 15) is 13.2 Å². The van der Waals surface area contributed by atoms with Crippen molar-refractivity contribution in [3.05, 3.63) is 23.8 Å². The molecule has 1 atom stereocenters. The van der Waals surface area contributed by atoms with Crippen molar-refractivity contribution in [2.45, 2.75) is 17.8 Å². The first kappa shape index (κ1) is 18.7. The average molecular weight is 396 g/mol. The monoisotopic (exact) mass is 396 g/mol. The van der Waals surface area contributed by atoms with Crippen LogP contribution >= 0.6 is 0 Å². The number of hydrogen-bond donors (Lipinski definition) is 0. The maximum atomic E-state index is 12.8. The van der Waals surface area contributed by atoms with Crippen LogP contribution < -0.4 is 0 Å². The molecule has 0 aromatic carbocycles. The maximum Gasteiger partial charge on any atom is 0.274 e. The normalized spacial score (nSPS) is 27.3. The molecule has 0 saturated carbocycles. The molecule has 0 unspecified atom stereocenters. The summed E-state index contributed by atoms with van der Waals surface area (Å²) >= 11 is 0. The Bertz CT molecular complexity index is 818. The van der Waals surface area contributed by atoms with Crippen LogP contribution in [0.4, 0.5) is 0 Å². The van der Waals surface area contributed by atoms with Gasteiger partial charge in [-0.25, -0.2) is 13.4 Å². The highest BCUT2D eigenvalue weighted by molar-refractivity contribution is 7.92. The SMILES string of the molecule is Cc1nccnc1C(=O)N1CC2(C1)CS(=O)(=O)[C@@H](CN1CCOCC1)CO2. The summed E-state index contributed by atoms with van der Waals surface area (Å²) < 4.78 is 36.9. The molecule has 9 nitrogen and oxygen atoms in total. The fourth-order valence-electron chi connectivity index (χ4n) is 3.88. The van der Waals surface area contributed by atoms with Gasteiger partial charge in [-0.3, -0.25) is 14.7 Å². The molecule has 27 heavy (non-hydrogen) atoms. The van der Waals surface area contributed by atoms with Gasteiger partial charge in [0.2, 0.25) is 0 Å². The highest BCUT2D eigenvalue weighted by Crippen LogP contribution is 2.33. The molecule has 0 radical (unpaired) electrons. The lowest BCUT2D eigenvalue weighted by molar-refractivity contribution is -0.122. The van der Waals surface area contributed by atoms with E-state index in [2.05, 4.69) is 14.9 Å². The molecule has 3 aliphatic rings. The minimum Gasteiger partial charge on any atom is -0.379 e. The highest BCUT2D eigenvalue weighted by Gasteiger charge is 2.54. The van der Waals surface area contributed by atoms with E-state index in [1.807, 2.05) is 0 Å². The zero-order valence-electron chi connectivity index (χ0n) is 15.3. The Hall–Kier alpha value is -1.62. The van der Waals surface area contributed by atoms with E-state index in [0.717, 1.165) is 13.1 Å². The maximum absolute atomic E-state index is 12.8. The number of ether oxygens (including phenoxy) is 2. The zero-order valence-corrected chi connectivity index (χ0v) is 16.2. The quantitative estimate of drug-likeness (QED) is 0.650. The summed E-state index contributed by atoms with van der Waals surface area (Å²) in [7, 11) is -3.29. The van der Waals surface area contributed by atoms with Gasteiger partial charge in [-0.2, -0.15) is 0 Å². The van der Waals surface area contributed by atoms with Gasteiger partial charge in [-0.15, -0.1) is 0 Å². The fourth-order valence-corrected chi connectivity index (χ4v) is 5.83. The molecule has 1 aromatic rings. The molecule has 1 aromatic heterocycles. The second-order valence-corrected chi connectivity index (χ2v) is 9.77. The lowest BCUT2D eigenvalue weighted by Gasteiger charge is -2.52. The smallest absolute Gasteiger partial charge is 0.274 e. The molecule has 3 saturated heterocycles. The Labute approximate surface area is 158 Å². The summed E-state index contributed by atoms with van der Waals surface area (Å²) in [5.74, 6) is -0.277. The number of likely N-dealkylation sites (tertiary alicyclic amines) is 1. The molecule has 0 bridgehead atoms. The second-order valence-electron chi connectivity index (χ2n) is 7.49. The molecule has 0 N–H and O–H groups in total. The minimum absolute atomic E-state index is 0.0434. The topological polar surface area (TPSA) is 102 Å². The van der Waals surface area contributed by atoms with Gasteiger partial charge in [0, 0.05) is 32.0 Å². The number of nitrogens with zero attached hydrogens (tertiary/aromatic N) is 4. The third-order valence-corrected chi connectivity index (χ3v) is 7.67. The lowest BCUT2D eigenvalue weighted by Crippen LogP contribution is -2.71. The molecular formula is C17H24N4O5S. The van der Waals surface area contributed by atoms with Gasteiger partial charge in [0.15, 0.2) is 9.84 Å². The summed E-state index contributed by atoms with van der Waals surface area (Å²) in [6.07, 6.45) is 3.02. The molecule has 3 aliphatic heterocycles. The summed E-state index contributed by atoms with van der Waals surface area (Å²) in [5, 5.41) is -0.520. The van der Waals surface area contributed by atoms with E-state index in [1.54, 1.807) is 11.8 Å². The van der Waals surface area contributed by atoms with Gasteiger partial charge >= 0.3 is 0 Å². The van der Waals surface area contributed by atoms with Gasteiger partial charge in [0.1, 0.15) is 11.3 Å². The zero-order chi connectivity index (χ0) is 19.1. The third kappa shape index (κ3) is 3.71. The van der Waals surface area contributed by atoms with Crippen LogP contribution in [0.2, 0.25) is 0 Å². The van der Waals surface area contributed by atoms with Gasteiger partial charge in [-0.1, -0.05) is 0 Å². The van der Waals surface area contributed by atoms with E-state index >= 15 is 0 Å². The van der Waals surface area contributed by atoms with E-state index in [1.165, 1.54) is 12.4 Å². The number of morpholine rings is 1. The van der Waals surface area contributed by atoms with Gasteiger partial charge < -0.3 is 14.4 Å². The average Bonchev–Trinajstić information content (AvgIpc) is 2.62. The number of aryl methyl sites for hydroxylation is 1. The van der Waals surface area contributed by atoms with Crippen LogP contribution in [-0.2, 0) is 19.3 Å². The second kappa shape index (κ2) is 7.08. The van der Waals surface area contributed by atoms with Gasteiger partial charge in [0.25, 0.3) is 5.91 Å². The molecule has 1 spiro atoms. The highest BCUT2D eigenvalue weighted by atomic mass is 32.2. The largest absolute Gasteiger partial charge is 0.379 e. The number of aromatic nitrogens is 2. The first-order chi connectivity index (χ1) is 12.9. The number of hydrogen-bond acceptors (Lipinski definition) is 8. The van der Waals surface area contributed by atoms with Crippen LogP contribution in [0.1, 0.15) is 16.2 Å². The van der Waals surface area contributed by atoms with Crippen molar-refractivity contribution in [2.24, 2.45) is 0 Å². The summed E-state index contributed by atoms with van der Waals surface area (Å²) in [6, 6.07) is 0. The number of sulfone groups is 1. The third-order valence-electron chi connectivity index (χ3n) is 5.44. The number of amides is 1. The molecule has 10 heteroatoms. The van der Waals surface area contributed by atoms with Crippen LogP contribution in [0, 0.1) is 6.92 Å². The lowest BCUT2D eigenvalue weighted by atomic mass is 9.95. The van der Waals surface area contributed by atoms with Crippen LogP contribution in [0.3, 0.4) is 0 Å². The van der Waals surface area contributed by atoms with E-state index in [0.29, 0.717) is 31.1 Å². The molecule has 1 amide bonds. The summed E-state index contributed by atoms with van der Waals surface area (Å²) in [4.78, 5) is 24.4. The van der Waals surface area contributed by atoms with E-state index in [4.69, 9.17) is 9.47 Å². The Balaban J connectivity index is 1.37. The molecular weight excluding hydrogens is 372 g/mol. The Morgan fingerprint density at radius 1 is 1.26 bits per heavy atom. The van der Waals surface area contributed by atoms with E-state index < -0.39 is 20.7 Å². The number of rotatable bonds is 3. The van der Waals surface area contributed by atoms with Crippen molar-refractivity contribution in [2.75, 3.05) is 58.3 Å². The first-order valence-electron chi connectivity index (χ1n) is 9.11. The van der Waals surface area contributed by atoms with Crippen molar-refractivity contribution >= 4 is 15.7 Å². The van der Waals surface area contributed by atoms with Crippen molar-refractivity contribution in [1.82, 2.24) is 19.8 Å². The first-order valence-corrected chi connectivity index (χ1v) is 10.8. The predicted molar refractivity (Wildman–Crippen MR) is 96.2 cm³/mol. The summed E-state index contributed by atoms with van der Waals surface area (Å²) in [6.45, 7) is 5.68.